The average Bonchev–Trinajstić information content (AvgIpc) is 3.59. The van der Waals surface area contributed by atoms with Crippen LogP contribution in [0.2, 0.25) is 0 Å². The lowest BCUT2D eigenvalue weighted by Crippen LogP contribution is -2.53. The first-order chi connectivity index (χ1) is 17.9. The number of amides is 2. The molecule has 4 aliphatic heterocycles. The third-order valence-corrected chi connectivity index (χ3v) is 8.78. The second-order valence-electron chi connectivity index (χ2n) is 11.3. The summed E-state index contributed by atoms with van der Waals surface area (Å²) in [7, 11) is 0. The molecule has 4 fully saturated rings. The molecular weight excluding hydrogens is 468 g/mol. The highest BCUT2D eigenvalue weighted by atomic mass is 16.5. The van der Waals surface area contributed by atoms with Crippen molar-refractivity contribution in [3.63, 3.8) is 0 Å². The van der Waals surface area contributed by atoms with Crippen LogP contribution in [0.25, 0.3) is 0 Å². The number of nitrogens with zero attached hydrogens (tertiary/aromatic N) is 5. The van der Waals surface area contributed by atoms with E-state index in [1.807, 2.05) is 4.90 Å². The highest BCUT2D eigenvalue weighted by Gasteiger charge is 2.44. The lowest BCUT2D eigenvalue weighted by atomic mass is 9.84. The number of ether oxygens (including phenoxy) is 1. The van der Waals surface area contributed by atoms with Crippen molar-refractivity contribution in [2.75, 3.05) is 42.9 Å². The number of aryl methyl sites for hydroxylation is 1. The number of carbonyl (C=O) groups excluding carboxylic acids is 2. The number of fused-ring (bicyclic) bond motifs is 2. The van der Waals surface area contributed by atoms with E-state index in [0.29, 0.717) is 18.0 Å². The van der Waals surface area contributed by atoms with Crippen molar-refractivity contribution in [3.8, 4) is 0 Å². The van der Waals surface area contributed by atoms with Crippen LogP contribution in [-0.2, 0) is 16.1 Å². The highest BCUT2D eigenvalue weighted by molar-refractivity contribution is 5.88. The van der Waals surface area contributed by atoms with Gasteiger partial charge in [0.1, 0.15) is 0 Å². The predicted octanol–water partition coefficient (Wildman–Crippen LogP) is 3.62. The molecule has 0 saturated carbocycles. The Bertz CT molecular complexity index is 1160. The van der Waals surface area contributed by atoms with E-state index < -0.39 is 0 Å². The number of carbonyl (C=O) groups is 2. The van der Waals surface area contributed by atoms with Crippen LogP contribution in [0, 0.1) is 6.92 Å². The van der Waals surface area contributed by atoms with Gasteiger partial charge in [-0.3, -0.25) is 9.69 Å². The summed E-state index contributed by atoms with van der Waals surface area (Å²) in [5, 5.41) is 6.86. The summed E-state index contributed by atoms with van der Waals surface area (Å²) in [6, 6.07) is 8.47. The largest absolute Gasteiger partial charge is 0.371 e. The minimum absolute atomic E-state index is 0.126. The van der Waals surface area contributed by atoms with Crippen LogP contribution in [0.4, 0.5) is 16.3 Å². The number of morpholine rings is 1. The first-order valence-corrected chi connectivity index (χ1v) is 13.8. The van der Waals surface area contributed by atoms with E-state index in [9.17, 15) is 9.59 Å². The Morgan fingerprint density at radius 1 is 1.08 bits per heavy atom. The maximum atomic E-state index is 13.1. The van der Waals surface area contributed by atoms with Gasteiger partial charge in [0.05, 0.1) is 12.2 Å². The molecule has 2 amide bonds. The van der Waals surface area contributed by atoms with Gasteiger partial charge in [-0.25, -0.2) is 4.79 Å². The molecule has 2 bridgehead atoms. The zero-order valence-corrected chi connectivity index (χ0v) is 22.0. The molecule has 2 unspecified atom stereocenters. The molecular formula is C28H38N6O3. The molecule has 1 aromatic heterocycles. The number of anilines is 2. The first kappa shape index (κ1) is 24.4. The zero-order valence-electron chi connectivity index (χ0n) is 22.0. The van der Waals surface area contributed by atoms with Crippen LogP contribution < -0.4 is 10.2 Å². The number of nitrogens with one attached hydrogen (secondary N) is 1. The van der Waals surface area contributed by atoms with Gasteiger partial charge in [0.25, 0.3) is 0 Å². The van der Waals surface area contributed by atoms with Gasteiger partial charge in [-0.05, 0) is 69.2 Å². The Hall–Kier alpha value is -2.91. The van der Waals surface area contributed by atoms with E-state index in [0.717, 1.165) is 52.1 Å². The standard InChI is InChI=1S/C28H38N6O3/c1-20-4-5-22(25(16-20)32-18-23-6-7-24(19-32)37-23)17-33-12-3-9-28(33)10-14-31(15-11-28)27(36)34-13-8-26(30-34)29-21(2)35/h4-5,8,13,16,23-24H,3,6-7,9-12,14-15,17-19H2,1-2H3,(H,29,30,35). The molecule has 4 aliphatic rings. The summed E-state index contributed by atoms with van der Waals surface area (Å²) >= 11 is 0. The first-order valence-electron chi connectivity index (χ1n) is 13.8. The topological polar surface area (TPSA) is 82.9 Å². The fraction of sp³-hybridized carbons (Fsp3) is 0.607. The number of hydrogen-bond acceptors (Lipinski definition) is 6. The summed E-state index contributed by atoms with van der Waals surface area (Å²) in [5.41, 5.74) is 4.24. The van der Waals surface area contributed by atoms with Crippen molar-refractivity contribution in [3.05, 3.63) is 41.6 Å². The summed E-state index contributed by atoms with van der Waals surface area (Å²) in [6.07, 6.45) is 9.06. The summed E-state index contributed by atoms with van der Waals surface area (Å²) in [4.78, 5) is 31.5. The molecule has 4 saturated heterocycles. The van der Waals surface area contributed by atoms with Crippen LogP contribution in [-0.4, -0.2) is 82.0 Å². The Kier molecular flexibility index (Phi) is 6.44. The number of hydrogen-bond donors (Lipinski definition) is 1. The van der Waals surface area contributed by atoms with Gasteiger partial charge in [0, 0.05) is 63.1 Å². The van der Waals surface area contributed by atoms with Crippen molar-refractivity contribution < 1.29 is 14.3 Å². The number of benzene rings is 1. The van der Waals surface area contributed by atoms with E-state index in [2.05, 4.69) is 45.3 Å². The Balaban J connectivity index is 1.14. The molecule has 1 spiro atoms. The quantitative estimate of drug-likeness (QED) is 0.682. The molecule has 37 heavy (non-hydrogen) atoms. The van der Waals surface area contributed by atoms with Gasteiger partial charge in [0.15, 0.2) is 5.82 Å². The number of rotatable bonds is 4. The summed E-state index contributed by atoms with van der Waals surface area (Å²) in [6.45, 7) is 9.10. The molecule has 5 heterocycles. The van der Waals surface area contributed by atoms with Gasteiger partial charge in [-0.1, -0.05) is 12.1 Å². The van der Waals surface area contributed by atoms with Gasteiger partial charge in [-0.2, -0.15) is 4.68 Å². The average molecular weight is 507 g/mol. The minimum atomic E-state index is -0.198. The third kappa shape index (κ3) is 4.86. The van der Waals surface area contributed by atoms with E-state index in [-0.39, 0.29) is 17.5 Å². The Labute approximate surface area is 218 Å². The van der Waals surface area contributed by atoms with E-state index in [1.54, 1.807) is 12.3 Å². The highest BCUT2D eigenvalue weighted by Crippen LogP contribution is 2.41. The molecule has 0 radical (unpaired) electrons. The normalized spacial score (nSPS) is 25.1. The minimum Gasteiger partial charge on any atom is -0.371 e. The van der Waals surface area contributed by atoms with Gasteiger partial charge in [0.2, 0.25) is 5.91 Å². The monoisotopic (exact) mass is 506 g/mol. The lowest BCUT2D eigenvalue weighted by Gasteiger charge is -2.45. The Morgan fingerprint density at radius 2 is 1.84 bits per heavy atom. The molecule has 2 atom stereocenters. The second-order valence-corrected chi connectivity index (χ2v) is 11.3. The molecule has 9 heteroatoms. The van der Waals surface area contributed by atoms with E-state index in [1.165, 1.54) is 54.1 Å². The SMILES string of the molecule is CC(=O)Nc1ccn(C(=O)N2CCC3(CCCN3Cc3ccc(C)cc3N3CC4CCC(C3)O4)CC2)n1. The molecule has 1 aromatic carbocycles. The molecule has 6 rings (SSSR count). The van der Waals surface area contributed by atoms with Crippen molar-refractivity contribution in [2.45, 2.75) is 76.7 Å². The fourth-order valence-electron chi connectivity index (χ4n) is 6.86. The molecule has 198 valence electrons. The predicted molar refractivity (Wildman–Crippen MR) is 142 cm³/mol. The van der Waals surface area contributed by atoms with Gasteiger partial charge < -0.3 is 19.9 Å². The van der Waals surface area contributed by atoms with E-state index in [4.69, 9.17) is 4.74 Å². The number of likely N-dealkylation sites (tertiary alicyclic amines) is 2. The number of aromatic nitrogens is 2. The van der Waals surface area contributed by atoms with Crippen LogP contribution >= 0.6 is 0 Å². The number of piperidine rings is 1. The smallest absolute Gasteiger partial charge is 0.344 e. The van der Waals surface area contributed by atoms with Crippen LogP contribution in [0.5, 0.6) is 0 Å². The zero-order chi connectivity index (χ0) is 25.6. The Morgan fingerprint density at radius 3 is 2.57 bits per heavy atom. The second kappa shape index (κ2) is 9.76. The molecule has 1 N–H and O–H groups in total. The van der Waals surface area contributed by atoms with Crippen LogP contribution in [0.3, 0.4) is 0 Å². The third-order valence-electron chi connectivity index (χ3n) is 8.78. The van der Waals surface area contributed by atoms with Crippen molar-refractivity contribution in [2.24, 2.45) is 0 Å². The molecule has 9 nitrogen and oxygen atoms in total. The molecule has 0 aliphatic carbocycles. The summed E-state index contributed by atoms with van der Waals surface area (Å²) < 4.78 is 7.45. The van der Waals surface area contributed by atoms with Crippen molar-refractivity contribution >= 4 is 23.4 Å². The maximum absolute atomic E-state index is 13.1. The van der Waals surface area contributed by atoms with Crippen LogP contribution in [0.1, 0.15) is 56.6 Å². The maximum Gasteiger partial charge on any atom is 0.344 e. The van der Waals surface area contributed by atoms with Crippen molar-refractivity contribution in [1.82, 2.24) is 19.6 Å². The van der Waals surface area contributed by atoms with E-state index >= 15 is 0 Å². The molecule has 2 aromatic rings. The van der Waals surface area contributed by atoms with Gasteiger partial charge in [-0.15, -0.1) is 5.10 Å². The lowest BCUT2D eigenvalue weighted by molar-refractivity contribution is -0.114. The van der Waals surface area contributed by atoms with Crippen molar-refractivity contribution in [1.29, 1.82) is 0 Å². The fourth-order valence-corrected chi connectivity index (χ4v) is 6.86. The van der Waals surface area contributed by atoms with Gasteiger partial charge >= 0.3 is 6.03 Å². The summed E-state index contributed by atoms with van der Waals surface area (Å²) in [5.74, 6) is 0.204. The van der Waals surface area contributed by atoms with Crippen LogP contribution in [0.15, 0.2) is 30.5 Å².